The lowest BCUT2D eigenvalue weighted by Gasteiger charge is -2.37. The second kappa shape index (κ2) is 5.65. The summed E-state index contributed by atoms with van der Waals surface area (Å²) in [6.45, 7) is 1.80. The third-order valence-corrected chi connectivity index (χ3v) is 3.93. The predicted molar refractivity (Wildman–Crippen MR) is 69.5 cm³/mol. The SMILES string of the molecule is CN(Cc1cnn(C)c1)C1CCCCC1CN. The minimum Gasteiger partial charge on any atom is -0.330 e. The molecular formula is C13H24N4. The zero-order chi connectivity index (χ0) is 12.3. The maximum atomic E-state index is 5.89. The van der Waals surface area contributed by atoms with Gasteiger partial charge in [0.1, 0.15) is 0 Å². The molecule has 0 amide bonds. The molecule has 1 heterocycles. The summed E-state index contributed by atoms with van der Waals surface area (Å²) in [5.41, 5.74) is 7.17. The van der Waals surface area contributed by atoms with E-state index in [2.05, 4.69) is 23.2 Å². The highest BCUT2D eigenvalue weighted by Crippen LogP contribution is 2.27. The number of rotatable bonds is 4. The number of hydrogen-bond donors (Lipinski definition) is 1. The van der Waals surface area contributed by atoms with Gasteiger partial charge < -0.3 is 5.73 Å². The minimum atomic E-state index is 0.647. The van der Waals surface area contributed by atoms with Crippen molar-refractivity contribution < 1.29 is 0 Å². The van der Waals surface area contributed by atoms with E-state index in [0.29, 0.717) is 12.0 Å². The van der Waals surface area contributed by atoms with E-state index in [4.69, 9.17) is 5.73 Å². The second-order valence-electron chi connectivity index (χ2n) is 5.28. The van der Waals surface area contributed by atoms with E-state index >= 15 is 0 Å². The zero-order valence-corrected chi connectivity index (χ0v) is 11.0. The zero-order valence-electron chi connectivity index (χ0n) is 11.0. The molecule has 4 heteroatoms. The van der Waals surface area contributed by atoms with Gasteiger partial charge in [0.05, 0.1) is 6.20 Å². The van der Waals surface area contributed by atoms with Gasteiger partial charge in [-0.2, -0.15) is 5.10 Å². The molecule has 2 unspecified atom stereocenters. The van der Waals surface area contributed by atoms with Crippen LogP contribution in [-0.4, -0.2) is 34.3 Å². The molecule has 1 aromatic rings. The van der Waals surface area contributed by atoms with Gasteiger partial charge in [0.15, 0.2) is 0 Å². The van der Waals surface area contributed by atoms with Crippen molar-refractivity contribution in [2.24, 2.45) is 18.7 Å². The Morgan fingerprint density at radius 3 is 2.88 bits per heavy atom. The van der Waals surface area contributed by atoms with Crippen LogP contribution in [0.3, 0.4) is 0 Å². The van der Waals surface area contributed by atoms with E-state index < -0.39 is 0 Å². The molecule has 0 saturated heterocycles. The first kappa shape index (κ1) is 12.6. The number of hydrogen-bond acceptors (Lipinski definition) is 3. The van der Waals surface area contributed by atoms with E-state index in [1.54, 1.807) is 0 Å². The van der Waals surface area contributed by atoms with Crippen molar-refractivity contribution >= 4 is 0 Å². The van der Waals surface area contributed by atoms with Crippen LogP contribution in [0.5, 0.6) is 0 Å². The van der Waals surface area contributed by atoms with Crippen LogP contribution < -0.4 is 5.73 Å². The minimum absolute atomic E-state index is 0.647. The number of nitrogens with zero attached hydrogens (tertiary/aromatic N) is 3. The first-order valence-electron chi connectivity index (χ1n) is 6.58. The maximum Gasteiger partial charge on any atom is 0.0534 e. The van der Waals surface area contributed by atoms with Crippen LogP contribution in [0.25, 0.3) is 0 Å². The quantitative estimate of drug-likeness (QED) is 0.859. The van der Waals surface area contributed by atoms with Gasteiger partial charge in [-0.15, -0.1) is 0 Å². The lowest BCUT2D eigenvalue weighted by atomic mass is 9.83. The topological polar surface area (TPSA) is 47.1 Å². The van der Waals surface area contributed by atoms with Gasteiger partial charge in [0.25, 0.3) is 0 Å². The Hall–Kier alpha value is -0.870. The van der Waals surface area contributed by atoms with Gasteiger partial charge in [-0.25, -0.2) is 0 Å². The Balaban J connectivity index is 1.95. The molecule has 1 aliphatic rings. The smallest absolute Gasteiger partial charge is 0.0534 e. The van der Waals surface area contributed by atoms with Crippen molar-refractivity contribution in [2.75, 3.05) is 13.6 Å². The van der Waals surface area contributed by atoms with Crippen molar-refractivity contribution in [1.82, 2.24) is 14.7 Å². The van der Waals surface area contributed by atoms with Gasteiger partial charge in [-0.1, -0.05) is 12.8 Å². The van der Waals surface area contributed by atoms with Crippen molar-refractivity contribution in [3.63, 3.8) is 0 Å². The Labute approximate surface area is 104 Å². The molecule has 2 atom stereocenters. The molecule has 2 rings (SSSR count). The van der Waals surface area contributed by atoms with E-state index in [9.17, 15) is 0 Å². The fourth-order valence-electron chi connectivity index (χ4n) is 3.00. The molecule has 0 aliphatic heterocycles. The summed E-state index contributed by atoms with van der Waals surface area (Å²) in [6, 6.07) is 0.647. The molecule has 4 nitrogen and oxygen atoms in total. The number of aromatic nitrogens is 2. The lowest BCUT2D eigenvalue weighted by molar-refractivity contribution is 0.127. The molecule has 1 aromatic heterocycles. The monoisotopic (exact) mass is 236 g/mol. The van der Waals surface area contributed by atoms with Crippen LogP contribution in [-0.2, 0) is 13.6 Å². The van der Waals surface area contributed by atoms with Crippen LogP contribution in [0.2, 0.25) is 0 Å². The van der Waals surface area contributed by atoms with Crippen LogP contribution >= 0.6 is 0 Å². The van der Waals surface area contributed by atoms with Crippen LogP contribution in [0, 0.1) is 5.92 Å². The Morgan fingerprint density at radius 1 is 1.47 bits per heavy atom. The van der Waals surface area contributed by atoms with E-state index in [0.717, 1.165) is 13.1 Å². The maximum absolute atomic E-state index is 5.89. The first-order valence-corrected chi connectivity index (χ1v) is 6.58. The molecule has 0 aromatic carbocycles. The Kier molecular flexibility index (Phi) is 4.18. The molecule has 1 saturated carbocycles. The summed E-state index contributed by atoms with van der Waals surface area (Å²) in [4.78, 5) is 2.45. The average molecular weight is 236 g/mol. The predicted octanol–water partition coefficient (Wildman–Crippen LogP) is 1.37. The largest absolute Gasteiger partial charge is 0.330 e. The van der Waals surface area contributed by atoms with Crippen molar-refractivity contribution in [2.45, 2.75) is 38.3 Å². The summed E-state index contributed by atoms with van der Waals surface area (Å²) in [6.07, 6.45) is 9.32. The summed E-state index contributed by atoms with van der Waals surface area (Å²) >= 11 is 0. The molecule has 2 N–H and O–H groups in total. The fraction of sp³-hybridized carbons (Fsp3) is 0.769. The van der Waals surface area contributed by atoms with E-state index in [1.807, 2.05) is 17.9 Å². The number of nitrogens with two attached hydrogens (primary N) is 1. The molecule has 0 spiro atoms. The van der Waals surface area contributed by atoms with Gasteiger partial charge in [-0.3, -0.25) is 9.58 Å². The Bertz CT molecular complexity index is 347. The summed E-state index contributed by atoms with van der Waals surface area (Å²) in [5, 5.41) is 4.22. The highest BCUT2D eigenvalue weighted by molar-refractivity contribution is 5.03. The van der Waals surface area contributed by atoms with Crippen molar-refractivity contribution in [3.8, 4) is 0 Å². The van der Waals surface area contributed by atoms with Crippen LogP contribution in [0.4, 0.5) is 0 Å². The molecule has 0 bridgehead atoms. The average Bonchev–Trinajstić information content (AvgIpc) is 2.74. The van der Waals surface area contributed by atoms with Gasteiger partial charge in [0, 0.05) is 31.4 Å². The normalized spacial score (nSPS) is 25.4. The standard InChI is InChI=1S/C13H24N4/c1-16(9-11-8-15-17(2)10-11)13-6-4-3-5-12(13)7-14/h8,10,12-13H,3-7,9,14H2,1-2H3. The van der Waals surface area contributed by atoms with E-state index in [-0.39, 0.29) is 0 Å². The highest BCUT2D eigenvalue weighted by Gasteiger charge is 2.27. The van der Waals surface area contributed by atoms with Crippen molar-refractivity contribution in [1.29, 1.82) is 0 Å². The van der Waals surface area contributed by atoms with E-state index in [1.165, 1.54) is 31.2 Å². The first-order chi connectivity index (χ1) is 8.20. The molecule has 1 fully saturated rings. The van der Waals surface area contributed by atoms with Gasteiger partial charge >= 0.3 is 0 Å². The van der Waals surface area contributed by atoms with Gasteiger partial charge in [0.2, 0.25) is 0 Å². The molecule has 17 heavy (non-hydrogen) atoms. The lowest BCUT2D eigenvalue weighted by Crippen LogP contribution is -2.42. The van der Waals surface area contributed by atoms with Crippen molar-refractivity contribution in [3.05, 3.63) is 18.0 Å². The Morgan fingerprint density at radius 2 is 2.24 bits per heavy atom. The van der Waals surface area contributed by atoms with Gasteiger partial charge in [-0.05, 0) is 32.4 Å². The molecule has 0 radical (unpaired) electrons. The van der Waals surface area contributed by atoms with Crippen LogP contribution in [0.15, 0.2) is 12.4 Å². The summed E-state index contributed by atoms with van der Waals surface area (Å²) in [5.74, 6) is 0.672. The molecule has 1 aliphatic carbocycles. The summed E-state index contributed by atoms with van der Waals surface area (Å²) in [7, 11) is 4.18. The third-order valence-electron chi connectivity index (χ3n) is 3.93. The summed E-state index contributed by atoms with van der Waals surface area (Å²) < 4.78 is 1.87. The van der Waals surface area contributed by atoms with Crippen LogP contribution in [0.1, 0.15) is 31.2 Å². The second-order valence-corrected chi connectivity index (χ2v) is 5.28. The number of aryl methyl sites for hydroxylation is 1. The highest BCUT2D eigenvalue weighted by atomic mass is 15.2. The molecular weight excluding hydrogens is 212 g/mol. The fourth-order valence-corrected chi connectivity index (χ4v) is 3.00. The molecule has 96 valence electrons. The third kappa shape index (κ3) is 3.07.